The summed E-state index contributed by atoms with van der Waals surface area (Å²) in [6.45, 7) is -0.937. The van der Waals surface area contributed by atoms with Gasteiger partial charge in [0.15, 0.2) is 0 Å². The molecule has 26 heavy (non-hydrogen) atoms. The summed E-state index contributed by atoms with van der Waals surface area (Å²) < 4.78 is 40.8. The number of hydrogen-bond acceptors (Lipinski definition) is 3. The number of rotatable bonds is 3. The molecule has 0 radical (unpaired) electrons. The van der Waals surface area contributed by atoms with Gasteiger partial charge in [-0.05, 0) is 31.2 Å². The molecule has 0 saturated carbocycles. The smallest absolute Gasteiger partial charge is 0.394 e. The van der Waals surface area contributed by atoms with Gasteiger partial charge in [-0.2, -0.15) is 18.3 Å². The molecular formula is C16H21F3N4O3. The fourth-order valence-electron chi connectivity index (χ4n) is 3.79. The van der Waals surface area contributed by atoms with Crippen LogP contribution in [0.25, 0.3) is 0 Å². The fraction of sp³-hybridized carbons (Fsp3) is 0.688. The Morgan fingerprint density at radius 2 is 1.96 bits per heavy atom. The van der Waals surface area contributed by atoms with Crippen molar-refractivity contribution in [1.29, 1.82) is 0 Å². The number of nitrogens with zero attached hydrogens (tertiary/aromatic N) is 3. The third-order valence-corrected chi connectivity index (χ3v) is 5.20. The van der Waals surface area contributed by atoms with Gasteiger partial charge in [0.05, 0.1) is 29.8 Å². The molecule has 2 aliphatic rings. The van der Waals surface area contributed by atoms with Crippen LogP contribution in [0.2, 0.25) is 0 Å². The zero-order valence-electron chi connectivity index (χ0n) is 14.3. The highest BCUT2D eigenvalue weighted by Gasteiger charge is 2.53. The van der Waals surface area contributed by atoms with Gasteiger partial charge in [0.1, 0.15) is 0 Å². The van der Waals surface area contributed by atoms with Crippen LogP contribution in [0.4, 0.5) is 18.0 Å². The molecule has 1 aromatic heterocycles. The first kappa shape index (κ1) is 18.5. The van der Waals surface area contributed by atoms with Crippen molar-refractivity contribution in [3.8, 4) is 0 Å². The number of aliphatic carboxylic acids is 1. The predicted molar refractivity (Wildman–Crippen MR) is 84.3 cm³/mol. The Bertz CT molecular complexity index is 716. The van der Waals surface area contributed by atoms with Crippen molar-refractivity contribution in [1.82, 2.24) is 20.0 Å². The lowest BCUT2D eigenvalue weighted by Gasteiger charge is -2.19. The standard InChI is InChI=1S/C16H21F3N4O3/c1-22-13(9-4-2-3-5-12(9)21-22)6-20-15(26)23-7-10(14(24)25)11(8-23)16(17,18)19/h10-11H,2-8H2,1H3,(H,20,26)(H,24,25)/t10-,11-/m1/s1. The summed E-state index contributed by atoms with van der Waals surface area (Å²) in [5.74, 6) is -5.22. The lowest BCUT2D eigenvalue weighted by Crippen LogP contribution is -2.39. The number of hydrogen-bond donors (Lipinski definition) is 2. The number of fused-ring (bicyclic) bond motifs is 1. The minimum atomic E-state index is -4.65. The van der Waals surface area contributed by atoms with E-state index in [-0.39, 0.29) is 6.54 Å². The van der Waals surface area contributed by atoms with Crippen molar-refractivity contribution in [2.24, 2.45) is 18.9 Å². The van der Waals surface area contributed by atoms with Gasteiger partial charge in [-0.25, -0.2) is 4.79 Å². The van der Waals surface area contributed by atoms with Crippen molar-refractivity contribution < 1.29 is 27.9 Å². The first-order valence-electron chi connectivity index (χ1n) is 8.54. The Balaban J connectivity index is 1.66. The molecule has 2 atom stereocenters. The average Bonchev–Trinajstić information content (AvgIpc) is 3.13. The molecule has 2 N–H and O–H groups in total. The maximum atomic E-state index is 13.0. The van der Waals surface area contributed by atoms with E-state index in [2.05, 4.69) is 10.4 Å². The van der Waals surface area contributed by atoms with Gasteiger partial charge in [-0.1, -0.05) is 0 Å². The largest absolute Gasteiger partial charge is 0.481 e. The van der Waals surface area contributed by atoms with E-state index in [9.17, 15) is 22.8 Å². The molecule has 10 heteroatoms. The van der Waals surface area contributed by atoms with Crippen LogP contribution >= 0.6 is 0 Å². The second-order valence-corrected chi connectivity index (χ2v) is 6.86. The van der Waals surface area contributed by atoms with E-state index in [1.54, 1.807) is 11.7 Å². The molecule has 144 valence electrons. The number of aryl methyl sites for hydroxylation is 2. The van der Waals surface area contributed by atoms with Crippen molar-refractivity contribution in [3.63, 3.8) is 0 Å². The quantitative estimate of drug-likeness (QED) is 0.843. The van der Waals surface area contributed by atoms with Gasteiger partial charge in [0, 0.05) is 20.1 Å². The first-order chi connectivity index (χ1) is 12.2. The summed E-state index contributed by atoms with van der Waals surface area (Å²) in [4.78, 5) is 24.3. The molecule has 2 amide bonds. The number of likely N-dealkylation sites (tertiary alicyclic amines) is 1. The van der Waals surface area contributed by atoms with E-state index in [1.807, 2.05) is 0 Å². The van der Waals surface area contributed by atoms with Crippen LogP contribution in [0, 0.1) is 11.8 Å². The zero-order chi connectivity index (χ0) is 19.1. The van der Waals surface area contributed by atoms with Crippen molar-refractivity contribution in [3.05, 3.63) is 17.0 Å². The Labute approximate surface area is 148 Å². The summed E-state index contributed by atoms with van der Waals surface area (Å²) in [6, 6.07) is -0.686. The fourth-order valence-corrected chi connectivity index (χ4v) is 3.79. The van der Waals surface area contributed by atoms with Gasteiger partial charge in [-0.3, -0.25) is 9.48 Å². The number of carboxylic acid groups (broad SMARTS) is 1. The number of aromatic nitrogens is 2. The maximum absolute atomic E-state index is 13.0. The number of carbonyl (C=O) groups is 2. The van der Waals surface area contributed by atoms with Crippen molar-refractivity contribution >= 4 is 12.0 Å². The molecule has 1 aromatic rings. The highest BCUT2D eigenvalue weighted by atomic mass is 19.4. The topological polar surface area (TPSA) is 87.5 Å². The minimum absolute atomic E-state index is 0.155. The number of carboxylic acids is 1. The normalized spacial score (nSPS) is 23.0. The molecule has 0 bridgehead atoms. The molecular weight excluding hydrogens is 353 g/mol. The van der Waals surface area contributed by atoms with Crippen LogP contribution in [-0.2, 0) is 31.2 Å². The number of amides is 2. The Morgan fingerprint density at radius 1 is 1.27 bits per heavy atom. The first-order valence-corrected chi connectivity index (χ1v) is 8.54. The molecule has 0 aromatic carbocycles. The number of halogens is 3. The van der Waals surface area contributed by atoms with E-state index < -0.39 is 43.1 Å². The van der Waals surface area contributed by atoms with Crippen LogP contribution in [0.3, 0.4) is 0 Å². The highest BCUT2D eigenvalue weighted by molar-refractivity contribution is 5.77. The van der Waals surface area contributed by atoms with Crippen LogP contribution in [-0.4, -0.2) is 51.1 Å². The van der Waals surface area contributed by atoms with Gasteiger partial charge in [-0.15, -0.1) is 0 Å². The van der Waals surface area contributed by atoms with Crippen molar-refractivity contribution in [2.75, 3.05) is 13.1 Å². The molecule has 3 rings (SSSR count). The summed E-state index contributed by atoms with van der Waals surface area (Å²) in [5.41, 5.74) is 2.94. The number of urea groups is 1. The Morgan fingerprint density at radius 3 is 2.58 bits per heavy atom. The van der Waals surface area contributed by atoms with Crippen LogP contribution in [0.5, 0.6) is 0 Å². The van der Waals surface area contributed by atoms with E-state index >= 15 is 0 Å². The number of alkyl halides is 3. The van der Waals surface area contributed by atoms with Gasteiger partial charge >= 0.3 is 18.2 Å². The van der Waals surface area contributed by atoms with E-state index in [0.29, 0.717) is 0 Å². The Kier molecular flexibility index (Phi) is 4.85. The molecule has 1 fully saturated rings. The number of carbonyl (C=O) groups excluding carboxylic acids is 1. The summed E-state index contributed by atoms with van der Waals surface area (Å²) >= 11 is 0. The maximum Gasteiger partial charge on any atom is 0.394 e. The predicted octanol–water partition coefficient (Wildman–Crippen LogP) is 1.70. The Hall–Kier alpha value is -2.26. The second kappa shape index (κ2) is 6.81. The van der Waals surface area contributed by atoms with Gasteiger partial charge in [0.25, 0.3) is 0 Å². The van der Waals surface area contributed by atoms with Crippen LogP contribution < -0.4 is 5.32 Å². The lowest BCUT2D eigenvalue weighted by atomic mass is 9.96. The molecule has 7 nitrogen and oxygen atoms in total. The van der Waals surface area contributed by atoms with E-state index in [0.717, 1.165) is 47.5 Å². The molecule has 0 spiro atoms. The SMILES string of the molecule is Cn1nc2c(c1CNC(=O)N1C[C@@H](C(F)(F)F)[C@H](C(=O)O)C1)CCCC2. The molecule has 1 aliphatic carbocycles. The van der Waals surface area contributed by atoms with Crippen molar-refractivity contribution in [2.45, 2.75) is 38.4 Å². The summed E-state index contributed by atoms with van der Waals surface area (Å²) in [7, 11) is 1.77. The summed E-state index contributed by atoms with van der Waals surface area (Å²) in [5, 5.41) is 16.1. The second-order valence-electron chi connectivity index (χ2n) is 6.86. The third kappa shape index (κ3) is 3.49. The zero-order valence-corrected chi connectivity index (χ0v) is 14.3. The van der Waals surface area contributed by atoms with E-state index in [1.165, 1.54) is 0 Å². The lowest BCUT2D eigenvalue weighted by molar-refractivity contribution is -0.187. The highest BCUT2D eigenvalue weighted by Crippen LogP contribution is 2.37. The molecule has 0 unspecified atom stereocenters. The monoisotopic (exact) mass is 374 g/mol. The average molecular weight is 374 g/mol. The van der Waals surface area contributed by atoms with Crippen LogP contribution in [0.1, 0.15) is 29.8 Å². The number of nitrogens with one attached hydrogen (secondary N) is 1. The third-order valence-electron chi connectivity index (χ3n) is 5.20. The van der Waals surface area contributed by atoms with Gasteiger partial charge in [0.2, 0.25) is 0 Å². The van der Waals surface area contributed by atoms with Crippen LogP contribution in [0.15, 0.2) is 0 Å². The molecule has 1 aliphatic heterocycles. The van der Waals surface area contributed by atoms with E-state index in [4.69, 9.17) is 5.11 Å². The van der Waals surface area contributed by atoms with Gasteiger partial charge < -0.3 is 15.3 Å². The molecule has 1 saturated heterocycles. The molecule has 2 heterocycles. The minimum Gasteiger partial charge on any atom is -0.481 e. The summed E-state index contributed by atoms with van der Waals surface area (Å²) in [6.07, 6.45) is -0.788.